The van der Waals surface area contributed by atoms with Crippen LogP contribution in [0.4, 0.5) is 0 Å². The first kappa shape index (κ1) is 20.4. The topological polar surface area (TPSA) is 58.6 Å². The van der Waals surface area contributed by atoms with Crippen molar-refractivity contribution in [2.45, 2.75) is 52.5 Å². The fourth-order valence-electron chi connectivity index (χ4n) is 3.06. The van der Waals surface area contributed by atoms with Crippen molar-refractivity contribution in [1.82, 2.24) is 10.2 Å². The van der Waals surface area contributed by atoms with Gasteiger partial charge in [-0.3, -0.25) is 9.59 Å². The van der Waals surface area contributed by atoms with Crippen LogP contribution in [0.2, 0.25) is 0 Å². The van der Waals surface area contributed by atoms with E-state index in [9.17, 15) is 9.59 Å². The summed E-state index contributed by atoms with van der Waals surface area (Å²) < 4.78 is 5.32. The highest BCUT2D eigenvalue weighted by Crippen LogP contribution is 2.22. The molecular formula is C21H32N2O3. The van der Waals surface area contributed by atoms with E-state index in [4.69, 9.17) is 4.74 Å². The number of rotatable bonds is 5. The van der Waals surface area contributed by atoms with E-state index in [2.05, 4.69) is 39.9 Å². The minimum atomic E-state index is -0.497. The van der Waals surface area contributed by atoms with Crippen LogP contribution in [0.5, 0.6) is 0 Å². The molecule has 1 fully saturated rings. The first-order valence-electron chi connectivity index (χ1n) is 9.46. The van der Waals surface area contributed by atoms with Gasteiger partial charge in [-0.25, -0.2) is 0 Å². The lowest BCUT2D eigenvalue weighted by atomic mass is 9.86. The molecule has 0 saturated carbocycles. The summed E-state index contributed by atoms with van der Waals surface area (Å²) in [6, 6.07) is 7.14. The first-order chi connectivity index (χ1) is 12.2. The molecule has 1 N–H and O–H groups in total. The zero-order chi connectivity index (χ0) is 19.3. The van der Waals surface area contributed by atoms with E-state index < -0.39 is 6.04 Å². The number of nitrogens with one attached hydrogen (secondary N) is 1. The molecule has 0 aliphatic carbocycles. The molecule has 2 rings (SSSR count). The van der Waals surface area contributed by atoms with Crippen molar-refractivity contribution >= 4 is 11.8 Å². The second-order valence-corrected chi connectivity index (χ2v) is 8.42. The molecule has 0 radical (unpaired) electrons. The molecule has 1 aromatic rings. The molecule has 1 aromatic carbocycles. The van der Waals surface area contributed by atoms with Gasteiger partial charge in [0.05, 0.1) is 13.2 Å². The first-order valence-corrected chi connectivity index (χ1v) is 9.46. The van der Waals surface area contributed by atoms with Crippen LogP contribution in [0.1, 0.15) is 57.0 Å². The summed E-state index contributed by atoms with van der Waals surface area (Å²) in [6.45, 7) is 12.8. The Hall–Kier alpha value is -1.88. The van der Waals surface area contributed by atoms with E-state index >= 15 is 0 Å². The third-order valence-electron chi connectivity index (χ3n) is 4.65. The number of nitrogens with zero attached hydrogens (tertiary/aromatic N) is 1. The van der Waals surface area contributed by atoms with Gasteiger partial charge in [0, 0.05) is 18.7 Å². The zero-order valence-electron chi connectivity index (χ0n) is 16.7. The summed E-state index contributed by atoms with van der Waals surface area (Å²) in [7, 11) is 0. The molecule has 26 heavy (non-hydrogen) atoms. The van der Waals surface area contributed by atoms with Crippen LogP contribution in [-0.4, -0.2) is 49.1 Å². The number of ether oxygens (including phenoxy) is 1. The van der Waals surface area contributed by atoms with Gasteiger partial charge in [0.15, 0.2) is 0 Å². The van der Waals surface area contributed by atoms with Crippen LogP contribution in [-0.2, 0) is 14.9 Å². The van der Waals surface area contributed by atoms with Gasteiger partial charge in [-0.15, -0.1) is 0 Å². The summed E-state index contributed by atoms with van der Waals surface area (Å²) in [4.78, 5) is 27.3. The molecular weight excluding hydrogens is 328 g/mol. The Morgan fingerprint density at radius 1 is 1.12 bits per heavy atom. The molecule has 1 aliphatic heterocycles. The molecule has 1 heterocycles. The minimum Gasteiger partial charge on any atom is -0.378 e. The minimum absolute atomic E-state index is 0.0124. The molecule has 1 saturated heterocycles. The van der Waals surface area contributed by atoms with Crippen molar-refractivity contribution in [2.75, 3.05) is 26.3 Å². The molecule has 0 bridgehead atoms. The summed E-state index contributed by atoms with van der Waals surface area (Å²) in [5, 5.41) is 2.95. The molecule has 0 spiro atoms. The average Bonchev–Trinajstić information content (AvgIpc) is 2.60. The van der Waals surface area contributed by atoms with Gasteiger partial charge < -0.3 is 15.0 Å². The Bertz CT molecular complexity index is 611. The molecule has 0 aromatic heterocycles. The normalized spacial score (nSPS) is 16.5. The van der Waals surface area contributed by atoms with Crippen molar-refractivity contribution in [3.05, 3.63) is 35.4 Å². The maximum Gasteiger partial charge on any atom is 0.251 e. The average molecular weight is 360 g/mol. The quantitative estimate of drug-likeness (QED) is 0.878. The van der Waals surface area contributed by atoms with Gasteiger partial charge in [0.2, 0.25) is 5.91 Å². The van der Waals surface area contributed by atoms with Gasteiger partial charge in [0.25, 0.3) is 5.91 Å². The van der Waals surface area contributed by atoms with E-state index in [-0.39, 0.29) is 17.2 Å². The van der Waals surface area contributed by atoms with Gasteiger partial charge in [-0.05, 0) is 35.4 Å². The molecule has 5 heteroatoms. The summed E-state index contributed by atoms with van der Waals surface area (Å²) in [5.74, 6) is 0.105. The fourth-order valence-corrected chi connectivity index (χ4v) is 3.06. The van der Waals surface area contributed by atoms with E-state index in [1.807, 2.05) is 24.3 Å². The third-order valence-corrected chi connectivity index (χ3v) is 4.65. The van der Waals surface area contributed by atoms with Crippen LogP contribution in [0.15, 0.2) is 24.3 Å². The largest absolute Gasteiger partial charge is 0.378 e. The number of carbonyl (C=O) groups is 2. The molecule has 1 aliphatic rings. The van der Waals surface area contributed by atoms with Crippen molar-refractivity contribution in [3.63, 3.8) is 0 Å². The van der Waals surface area contributed by atoms with Gasteiger partial charge in [0.1, 0.15) is 6.04 Å². The Morgan fingerprint density at radius 3 is 2.19 bits per heavy atom. The molecule has 144 valence electrons. The molecule has 1 atom stereocenters. The maximum atomic E-state index is 12.8. The number of amides is 2. The van der Waals surface area contributed by atoms with Crippen molar-refractivity contribution in [3.8, 4) is 0 Å². The van der Waals surface area contributed by atoms with Crippen LogP contribution in [0.3, 0.4) is 0 Å². The van der Waals surface area contributed by atoms with Gasteiger partial charge in [-0.2, -0.15) is 0 Å². The SMILES string of the molecule is CC(C)C[C@H](NC(=O)c1ccc(C(C)(C)C)cc1)C(=O)N1CCOCC1. The second-order valence-electron chi connectivity index (χ2n) is 8.42. The van der Waals surface area contributed by atoms with Gasteiger partial charge >= 0.3 is 0 Å². The van der Waals surface area contributed by atoms with E-state index in [0.717, 1.165) is 0 Å². The van der Waals surface area contributed by atoms with Gasteiger partial charge in [-0.1, -0.05) is 46.8 Å². The highest BCUT2D eigenvalue weighted by molar-refractivity contribution is 5.97. The van der Waals surface area contributed by atoms with Crippen LogP contribution in [0, 0.1) is 5.92 Å². The van der Waals surface area contributed by atoms with Crippen LogP contribution < -0.4 is 5.32 Å². The van der Waals surface area contributed by atoms with Crippen molar-refractivity contribution in [2.24, 2.45) is 5.92 Å². The second kappa shape index (κ2) is 8.67. The lowest BCUT2D eigenvalue weighted by Gasteiger charge is -2.31. The molecule has 2 amide bonds. The highest BCUT2D eigenvalue weighted by atomic mass is 16.5. The number of hydrogen-bond donors (Lipinski definition) is 1. The predicted octanol–water partition coefficient (Wildman–Crippen LogP) is 2.99. The highest BCUT2D eigenvalue weighted by Gasteiger charge is 2.28. The Kier molecular flexibility index (Phi) is 6.81. The number of hydrogen-bond acceptors (Lipinski definition) is 3. The Balaban J connectivity index is 2.09. The van der Waals surface area contributed by atoms with Crippen molar-refractivity contribution < 1.29 is 14.3 Å². The zero-order valence-corrected chi connectivity index (χ0v) is 16.7. The van der Waals surface area contributed by atoms with E-state index in [1.54, 1.807) is 4.90 Å². The maximum absolute atomic E-state index is 12.8. The fraction of sp³-hybridized carbons (Fsp3) is 0.619. The molecule has 0 unspecified atom stereocenters. The predicted molar refractivity (Wildman–Crippen MR) is 103 cm³/mol. The summed E-state index contributed by atoms with van der Waals surface area (Å²) in [5.41, 5.74) is 1.81. The number of benzene rings is 1. The lowest BCUT2D eigenvalue weighted by molar-refractivity contribution is -0.137. The standard InChI is InChI=1S/C21H32N2O3/c1-15(2)14-18(20(25)23-10-12-26-13-11-23)22-19(24)16-6-8-17(9-7-16)21(3,4)5/h6-9,15,18H,10-14H2,1-5H3,(H,22,24)/t18-/m0/s1. The smallest absolute Gasteiger partial charge is 0.251 e. The Morgan fingerprint density at radius 2 is 1.69 bits per heavy atom. The third kappa shape index (κ3) is 5.56. The Labute approximate surface area is 157 Å². The van der Waals surface area contributed by atoms with Crippen molar-refractivity contribution in [1.29, 1.82) is 0 Å². The van der Waals surface area contributed by atoms with Crippen LogP contribution >= 0.6 is 0 Å². The molecule has 5 nitrogen and oxygen atoms in total. The number of carbonyl (C=O) groups excluding carboxylic acids is 2. The van der Waals surface area contributed by atoms with E-state index in [1.165, 1.54) is 5.56 Å². The summed E-state index contributed by atoms with van der Waals surface area (Å²) >= 11 is 0. The number of morpholine rings is 1. The lowest BCUT2D eigenvalue weighted by Crippen LogP contribution is -2.52. The van der Waals surface area contributed by atoms with Crippen LogP contribution in [0.25, 0.3) is 0 Å². The summed E-state index contributed by atoms with van der Waals surface area (Å²) in [6.07, 6.45) is 0.627. The monoisotopic (exact) mass is 360 g/mol. The van der Waals surface area contributed by atoms with E-state index in [0.29, 0.717) is 44.2 Å².